The molecule has 1 N–H and O–H groups in total. The molecule has 5 nitrogen and oxygen atoms in total. The van der Waals surface area contributed by atoms with Gasteiger partial charge in [0.2, 0.25) is 0 Å². The molecular formula is C19H16N4OS2. The SMILES string of the molecule is O=C(NCCc1ccn(-c2ccccc2)n1)c1csc(-c2ccsc2)n1. The number of benzene rings is 1. The predicted octanol–water partition coefficient (Wildman–Crippen LogP) is 4.03. The lowest BCUT2D eigenvalue weighted by Crippen LogP contribution is -2.26. The molecule has 1 amide bonds. The molecule has 4 rings (SSSR count). The van der Waals surface area contributed by atoms with Crippen LogP contribution in [0.1, 0.15) is 16.2 Å². The maximum Gasteiger partial charge on any atom is 0.270 e. The maximum absolute atomic E-state index is 12.3. The highest BCUT2D eigenvalue weighted by Crippen LogP contribution is 2.25. The number of amides is 1. The second kappa shape index (κ2) is 7.63. The van der Waals surface area contributed by atoms with Crippen LogP contribution < -0.4 is 5.32 Å². The number of carbonyl (C=O) groups excluding carboxylic acids is 1. The molecule has 26 heavy (non-hydrogen) atoms. The Labute approximate surface area is 159 Å². The maximum atomic E-state index is 12.3. The number of nitrogens with one attached hydrogen (secondary N) is 1. The van der Waals surface area contributed by atoms with E-state index < -0.39 is 0 Å². The van der Waals surface area contributed by atoms with Crippen molar-refractivity contribution in [3.63, 3.8) is 0 Å². The zero-order valence-corrected chi connectivity index (χ0v) is 15.5. The molecule has 0 radical (unpaired) electrons. The fraction of sp³-hybridized carbons (Fsp3) is 0.105. The second-order valence-electron chi connectivity index (χ2n) is 5.64. The highest BCUT2D eigenvalue weighted by molar-refractivity contribution is 7.14. The van der Waals surface area contributed by atoms with E-state index in [1.54, 1.807) is 16.7 Å². The van der Waals surface area contributed by atoms with Gasteiger partial charge in [-0.1, -0.05) is 18.2 Å². The average molecular weight is 380 g/mol. The molecule has 7 heteroatoms. The van der Waals surface area contributed by atoms with Crippen molar-refractivity contribution < 1.29 is 4.79 Å². The van der Waals surface area contributed by atoms with Crippen molar-refractivity contribution in [3.05, 3.63) is 76.2 Å². The van der Waals surface area contributed by atoms with Crippen LogP contribution in [0.5, 0.6) is 0 Å². The summed E-state index contributed by atoms with van der Waals surface area (Å²) in [6.07, 6.45) is 2.60. The number of aromatic nitrogens is 3. The fourth-order valence-electron chi connectivity index (χ4n) is 2.51. The van der Waals surface area contributed by atoms with Gasteiger partial charge in [0, 0.05) is 35.5 Å². The Morgan fingerprint density at radius 1 is 1.12 bits per heavy atom. The van der Waals surface area contributed by atoms with Crippen LogP contribution in [0.2, 0.25) is 0 Å². The van der Waals surface area contributed by atoms with E-state index in [0.717, 1.165) is 22.0 Å². The van der Waals surface area contributed by atoms with Gasteiger partial charge in [-0.2, -0.15) is 16.4 Å². The first-order chi connectivity index (χ1) is 12.8. The van der Waals surface area contributed by atoms with Crippen LogP contribution >= 0.6 is 22.7 Å². The van der Waals surface area contributed by atoms with E-state index in [-0.39, 0.29) is 5.91 Å². The van der Waals surface area contributed by atoms with Gasteiger partial charge >= 0.3 is 0 Å². The second-order valence-corrected chi connectivity index (χ2v) is 7.28. The summed E-state index contributed by atoms with van der Waals surface area (Å²) in [5.41, 5.74) is 3.48. The first kappa shape index (κ1) is 16.7. The van der Waals surface area contributed by atoms with Crippen molar-refractivity contribution in [2.45, 2.75) is 6.42 Å². The van der Waals surface area contributed by atoms with Crippen molar-refractivity contribution in [2.75, 3.05) is 6.54 Å². The van der Waals surface area contributed by atoms with Crippen LogP contribution in [0.25, 0.3) is 16.3 Å². The van der Waals surface area contributed by atoms with Gasteiger partial charge < -0.3 is 5.32 Å². The van der Waals surface area contributed by atoms with Gasteiger partial charge in [-0.05, 0) is 29.6 Å². The molecule has 3 heterocycles. The summed E-state index contributed by atoms with van der Waals surface area (Å²) in [5.74, 6) is -0.148. The third-order valence-electron chi connectivity index (χ3n) is 3.84. The molecule has 0 aliphatic rings. The van der Waals surface area contributed by atoms with Crippen molar-refractivity contribution in [3.8, 4) is 16.3 Å². The average Bonchev–Trinajstić information content (AvgIpc) is 3.42. The summed E-state index contributed by atoms with van der Waals surface area (Å²) >= 11 is 3.11. The number of thiophene rings is 1. The molecule has 4 aromatic rings. The van der Waals surface area contributed by atoms with E-state index in [4.69, 9.17) is 0 Å². The van der Waals surface area contributed by atoms with Gasteiger partial charge in [0.25, 0.3) is 5.91 Å². The third kappa shape index (κ3) is 3.74. The highest BCUT2D eigenvalue weighted by atomic mass is 32.1. The quantitative estimate of drug-likeness (QED) is 0.549. The van der Waals surface area contributed by atoms with Crippen LogP contribution in [0.15, 0.2) is 64.8 Å². The zero-order valence-electron chi connectivity index (χ0n) is 13.8. The minimum Gasteiger partial charge on any atom is -0.350 e. The van der Waals surface area contributed by atoms with Crippen molar-refractivity contribution >= 4 is 28.6 Å². The molecule has 0 fully saturated rings. The Hall–Kier alpha value is -2.77. The Balaban J connectivity index is 1.32. The van der Waals surface area contributed by atoms with Gasteiger partial charge in [0.1, 0.15) is 10.7 Å². The lowest BCUT2D eigenvalue weighted by Gasteiger charge is -2.02. The van der Waals surface area contributed by atoms with Crippen molar-refractivity contribution in [2.24, 2.45) is 0 Å². The summed E-state index contributed by atoms with van der Waals surface area (Å²) in [5, 5.41) is 14.2. The largest absolute Gasteiger partial charge is 0.350 e. The monoisotopic (exact) mass is 380 g/mol. The standard InChI is InChI=1S/C19H16N4OS2/c24-18(17-13-26-19(21-17)14-8-11-25-12-14)20-9-6-15-7-10-23(22-15)16-4-2-1-3-5-16/h1-5,7-8,10-13H,6,9H2,(H,20,24). The molecule has 0 aliphatic heterocycles. The highest BCUT2D eigenvalue weighted by Gasteiger charge is 2.12. The summed E-state index contributed by atoms with van der Waals surface area (Å²) in [6.45, 7) is 0.524. The van der Waals surface area contributed by atoms with Crippen LogP contribution in [0.4, 0.5) is 0 Å². The lowest BCUT2D eigenvalue weighted by atomic mass is 10.3. The first-order valence-corrected chi connectivity index (χ1v) is 9.98. The number of nitrogens with zero attached hydrogens (tertiary/aromatic N) is 3. The van der Waals surface area contributed by atoms with E-state index in [0.29, 0.717) is 18.7 Å². The number of rotatable bonds is 6. The molecule has 130 valence electrons. The summed E-state index contributed by atoms with van der Waals surface area (Å²) in [7, 11) is 0. The normalized spacial score (nSPS) is 10.8. The van der Waals surface area contributed by atoms with Gasteiger partial charge in [-0.25, -0.2) is 9.67 Å². The molecule has 3 aromatic heterocycles. The molecule has 0 spiro atoms. The third-order valence-corrected chi connectivity index (χ3v) is 5.41. The number of hydrogen-bond donors (Lipinski definition) is 1. The molecule has 0 atom stereocenters. The van der Waals surface area contributed by atoms with Gasteiger partial charge in [-0.3, -0.25) is 4.79 Å². The van der Waals surface area contributed by atoms with E-state index in [1.807, 2.05) is 64.1 Å². The number of hydrogen-bond acceptors (Lipinski definition) is 5. The van der Waals surface area contributed by atoms with Gasteiger partial charge in [0.05, 0.1) is 11.4 Å². The Morgan fingerprint density at radius 3 is 2.81 bits per heavy atom. The molecular weight excluding hydrogens is 364 g/mol. The summed E-state index contributed by atoms with van der Waals surface area (Å²) in [6, 6.07) is 13.9. The predicted molar refractivity (Wildman–Crippen MR) is 105 cm³/mol. The minimum atomic E-state index is -0.148. The molecule has 0 unspecified atom stereocenters. The van der Waals surface area contributed by atoms with E-state index in [2.05, 4.69) is 15.4 Å². The summed E-state index contributed by atoms with van der Waals surface area (Å²) < 4.78 is 1.84. The van der Waals surface area contributed by atoms with Crippen molar-refractivity contribution in [1.82, 2.24) is 20.1 Å². The Kier molecular flexibility index (Phi) is 4.90. The van der Waals surface area contributed by atoms with Gasteiger partial charge in [0.15, 0.2) is 0 Å². The minimum absolute atomic E-state index is 0.148. The van der Waals surface area contributed by atoms with E-state index >= 15 is 0 Å². The molecule has 0 aliphatic carbocycles. The van der Waals surface area contributed by atoms with Crippen LogP contribution in [0.3, 0.4) is 0 Å². The molecule has 0 saturated carbocycles. The zero-order chi connectivity index (χ0) is 17.8. The van der Waals surface area contributed by atoms with E-state index in [1.165, 1.54) is 11.3 Å². The topological polar surface area (TPSA) is 59.8 Å². The number of thiazole rings is 1. The van der Waals surface area contributed by atoms with E-state index in [9.17, 15) is 4.79 Å². The molecule has 0 saturated heterocycles. The van der Waals surface area contributed by atoms with Crippen LogP contribution in [-0.2, 0) is 6.42 Å². The number of carbonyl (C=O) groups is 1. The van der Waals surface area contributed by atoms with Crippen LogP contribution in [-0.4, -0.2) is 27.2 Å². The Morgan fingerprint density at radius 2 is 2.00 bits per heavy atom. The smallest absolute Gasteiger partial charge is 0.270 e. The number of para-hydroxylation sites is 1. The lowest BCUT2D eigenvalue weighted by molar-refractivity contribution is 0.0950. The van der Waals surface area contributed by atoms with Gasteiger partial charge in [-0.15, -0.1) is 11.3 Å². The molecule has 0 bridgehead atoms. The van der Waals surface area contributed by atoms with Crippen molar-refractivity contribution in [1.29, 1.82) is 0 Å². The van der Waals surface area contributed by atoms with Crippen LogP contribution in [0, 0.1) is 0 Å². The Bertz CT molecular complexity index is 990. The summed E-state index contributed by atoms with van der Waals surface area (Å²) in [4.78, 5) is 16.7. The fourth-order valence-corrected chi connectivity index (χ4v) is 4.02. The first-order valence-electron chi connectivity index (χ1n) is 8.16. The molecule has 1 aromatic carbocycles.